The highest BCUT2D eigenvalue weighted by molar-refractivity contribution is 5.79. The maximum Gasteiger partial charge on any atom is 0.0910 e. The summed E-state index contributed by atoms with van der Waals surface area (Å²) in [5.41, 5.74) is 5.75. The van der Waals surface area contributed by atoms with E-state index in [0.717, 1.165) is 30.4 Å². The third-order valence-electron chi connectivity index (χ3n) is 7.46. The first kappa shape index (κ1) is 30.6. The molecule has 0 aliphatic carbocycles. The summed E-state index contributed by atoms with van der Waals surface area (Å²) in [5, 5.41) is 3.63. The summed E-state index contributed by atoms with van der Waals surface area (Å²) < 4.78 is 0. The van der Waals surface area contributed by atoms with Gasteiger partial charge >= 0.3 is 0 Å². The monoisotopic (exact) mass is 495 g/mol. The molecule has 36 heavy (non-hydrogen) atoms. The maximum atomic E-state index is 5.09. The minimum atomic E-state index is 1.05. The third kappa shape index (κ3) is 13.1. The summed E-state index contributed by atoms with van der Waals surface area (Å²) in [6.07, 6.45) is 27.9. The molecule has 1 aromatic heterocycles. The summed E-state index contributed by atoms with van der Waals surface area (Å²) in [6.45, 7) is 7.87. The topological polar surface area (TPSA) is 37.8 Å². The molecule has 3 heteroatoms. The van der Waals surface area contributed by atoms with Crippen molar-refractivity contribution in [3.05, 3.63) is 29.6 Å². The molecule has 1 heterocycles. The van der Waals surface area contributed by atoms with Gasteiger partial charge in [-0.2, -0.15) is 0 Å². The Labute approximate surface area is 223 Å². The van der Waals surface area contributed by atoms with Crippen molar-refractivity contribution < 1.29 is 0 Å². The molecule has 0 spiro atoms. The molecule has 1 N–H and O–H groups in total. The van der Waals surface area contributed by atoms with Crippen molar-refractivity contribution in [3.63, 3.8) is 0 Å². The first-order chi connectivity index (χ1) is 17.8. The zero-order chi connectivity index (χ0) is 25.7. The molecule has 0 aliphatic rings. The molecule has 2 aromatic rings. The SMILES string of the molecule is CCCCCCCCCCCCCCCNc1ccc2nc(CCCCCC)c(CCCC)nc2c1. The van der Waals surface area contributed by atoms with Gasteiger partial charge in [0.2, 0.25) is 0 Å². The molecule has 0 saturated heterocycles. The number of anilines is 1. The second kappa shape index (κ2) is 20.4. The second-order valence-electron chi connectivity index (χ2n) is 10.9. The lowest BCUT2D eigenvalue weighted by molar-refractivity contribution is 0.541. The zero-order valence-electron chi connectivity index (χ0n) is 24.2. The average molecular weight is 496 g/mol. The van der Waals surface area contributed by atoms with Crippen LogP contribution in [-0.2, 0) is 12.8 Å². The van der Waals surface area contributed by atoms with E-state index in [1.165, 1.54) is 139 Å². The fraction of sp³-hybridized carbons (Fsp3) is 0.758. The van der Waals surface area contributed by atoms with Crippen LogP contribution >= 0.6 is 0 Å². The van der Waals surface area contributed by atoms with Crippen LogP contribution in [-0.4, -0.2) is 16.5 Å². The predicted octanol–water partition coefficient (Wildman–Crippen LogP) is 10.6. The molecule has 204 valence electrons. The molecule has 1 aromatic carbocycles. The molecule has 0 bridgehead atoms. The van der Waals surface area contributed by atoms with E-state index in [1.54, 1.807) is 0 Å². The Balaban J connectivity index is 1.67. The highest BCUT2D eigenvalue weighted by Crippen LogP contribution is 2.21. The first-order valence-electron chi connectivity index (χ1n) is 15.8. The van der Waals surface area contributed by atoms with E-state index in [2.05, 4.69) is 44.3 Å². The van der Waals surface area contributed by atoms with Crippen LogP contribution in [0.4, 0.5) is 5.69 Å². The summed E-state index contributed by atoms with van der Waals surface area (Å²) in [5.74, 6) is 0. The van der Waals surface area contributed by atoms with Gasteiger partial charge in [-0.05, 0) is 50.3 Å². The van der Waals surface area contributed by atoms with Crippen molar-refractivity contribution in [3.8, 4) is 0 Å². The van der Waals surface area contributed by atoms with Gasteiger partial charge in [0, 0.05) is 12.2 Å². The summed E-state index contributed by atoms with van der Waals surface area (Å²) >= 11 is 0. The molecule has 0 atom stereocenters. The standard InChI is InChI=1S/C33H57N3/c1-4-7-10-12-13-14-15-16-17-18-19-20-22-27-34-29-25-26-32-33(28-29)36-30(23-9-6-3)31(35-32)24-21-11-8-5-2/h25-26,28,34H,4-24,27H2,1-3H3. The fourth-order valence-corrected chi connectivity index (χ4v) is 5.08. The van der Waals surface area contributed by atoms with Crippen molar-refractivity contribution in [1.82, 2.24) is 9.97 Å². The van der Waals surface area contributed by atoms with E-state index >= 15 is 0 Å². The molecule has 3 nitrogen and oxygen atoms in total. The van der Waals surface area contributed by atoms with E-state index in [-0.39, 0.29) is 0 Å². The van der Waals surface area contributed by atoms with E-state index < -0.39 is 0 Å². The quantitative estimate of drug-likeness (QED) is 0.156. The Morgan fingerprint density at radius 1 is 0.500 bits per heavy atom. The molecular formula is C33H57N3. The average Bonchev–Trinajstić information content (AvgIpc) is 2.90. The normalized spacial score (nSPS) is 11.4. The lowest BCUT2D eigenvalue weighted by Crippen LogP contribution is -2.05. The van der Waals surface area contributed by atoms with E-state index in [4.69, 9.17) is 9.97 Å². The van der Waals surface area contributed by atoms with Crippen LogP contribution in [0.3, 0.4) is 0 Å². The number of rotatable bonds is 23. The van der Waals surface area contributed by atoms with Crippen molar-refractivity contribution in [2.24, 2.45) is 0 Å². The zero-order valence-corrected chi connectivity index (χ0v) is 24.2. The Bertz CT molecular complexity index is 801. The smallest absolute Gasteiger partial charge is 0.0910 e. The van der Waals surface area contributed by atoms with Gasteiger partial charge in [-0.1, -0.05) is 124 Å². The van der Waals surface area contributed by atoms with Gasteiger partial charge in [0.1, 0.15) is 0 Å². The van der Waals surface area contributed by atoms with Crippen LogP contribution in [0.15, 0.2) is 18.2 Å². The molecular weight excluding hydrogens is 438 g/mol. The Kier molecular flexibility index (Phi) is 17.3. The van der Waals surface area contributed by atoms with Crippen LogP contribution in [0.2, 0.25) is 0 Å². The number of unbranched alkanes of at least 4 members (excludes halogenated alkanes) is 16. The van der Waals surface area contributed by atoms with Gasteiger partial charge in [-0.25, -0.2) is 9.97 Å². The second-order valence-corrected chi connectivity index (χ2v) is 10.9. The molecule has 0 amide bonds. The Morgan fingerprint density at radius 2 is 0.972 bits per heavy atom. The highest BCUT2D eigenvalue weighted by Gasteiger charge is 2.09. The van der Waals surface area contributed by atoms with E-state index in [1.807, 2.05) is 0 Å². The summed E-state index contributed by atoms with van der Waals surface area (Å²) in [7, 11) is 0. The largest absolute Gasteiger partial charge is 0.385 e. The van der Waals surface area contributed by atoms with Crippen LogP contribution in [0.1, 0.15) is 154 Å². The van der Waals surface area contributed by atoms with Crippen LogP contribution in [0.25, 0.3) is 11.0 Å². The number of hydrogen-bond donors (Lipinski definition) is 1. The van der Waals surface area contributed by atoms with Gasteiger partial charge in [0.05, 0.1) is 22.4 Å². The summed E-state index contributed by atoms with van der Waals surface area (Å²) in [4.78, 5) is 10.1. The van der Waals surface area contributed by atoms with Crippen molar-refractivity contribution in [1.29, 1.82) is 0 Å². The fourth-order valence-electron chi connectivity index (χ4n) is 5.08. The number of aromatic nitrogens is 2. The van der Waals surface area contributed by atoms with Crippen molar-refractivity contribution in [2.45, 2.75) is 156 Å². The van der Waals surface area contributed by atoms with Crippen molar-refractivity contribution >= 4 is 16.7 Å². The van der Waals surface area contributed by atoms with Gasteiger partial charge in [0.15, 0.2) is 0 Å². The van der Waals surface area contributed by atoms with Crippen molar-refractivity contribution in [2.75, 3.05) is 11.9 Å². The first-order valence-corrected chi connectivity index (χ1v) is 15.8. The Hall–Kier alpha value is -1.64. The molecule has 0 fully saturated rings. The molecule has 2 rings (SSSR count). The third-order valence-corrected chi connectivity index (χ3v) is 7.46. The number of nitrogens with zero attached hydrogens (tertiary/aromatic N) is 2. The maximum absolute atomic E-state index is 5.09. The molecule has 0 radical (unpaired) electrons. The van der Waals surface area contributed by atoms with Crippen LogP contribution < -0.4 is 5.32 Å². The van der Waals surface area contributed by atoms with Gasteiger partial charge < -0.3 is 5.32 Å². The van der Waals surface area contributed by atoms with Gasteiger partial charge in [0.25, 0.3) is 0 Å². The number of nitrogens with one attached hydrogen (secondary N) is 1. The minimum absolute atomic E-state index is 1.05. The highest BCUT2D eigenvalue weighted by atomic mass is 14.9. The molecule has 0 aliphatic heterocycles. The summed E-state index contributed by atoms with van der Waals surface area (Å²) in [6, 6.07) is 6.56. The number of hydrogen-bond acceptors (Lipinski definition) is 3. The van der Waals surface area contributed by atoms with Gasteiger partial charge in [-0.15, -0.1) is 0 Å². The number of benzene rings is 1. The lowest BCUT2D eigenvalue weighted by Gasteiger charge is -2.12. The molecule has 0 unspecified atom stereocenters. The Morgan fingerprint density at radius 3 is 1.56 bits per heavy atom. The van der Waals surface area contributed by atoms with E-state index in [0.29, 0.717) is 0 Å². The molecule has 0 saturated carbocycles. The number of aryl methyl sites for hydroxylation is 2. The lowest BCUT2D eigenvalue weighted by atomic mass is 10.0. The minimum Gasteiger partial charge on any atom is -0.385 e. The van der Waals surface area contributed by atoms with Gasteiger partial charge in [-0.3, -0.25) is 0 Å². The van der Waals surface area contributed by atoms with E-state index in [9.17, 15) is 0 Å². The predicted molar refractivity (Wildman–Crippen MR) is 160 cm³/mol. The number of fused-ring (bicyclic) bond motifs is 1. The van der Waals surface area contributed by atoms with Crippen LogP contribution in [0, 0.1) is 0 Å². The van der Waals surface area contributed by atoms with Crippen LogP contribution in [0.5, 0.6) is 0 Å².